The number of sulfone groups is 1. The number of aryl methyl sites for hydroxylation is 1. The number of nitrogens with one attached hydrogen (secondary N) is 1. The molecular weight excluding hydrogens is 352 g/mol. The van der Waals surface area contributed by atoms with Crippen LogP contribution in [0.1, 0.15) is 36.7 Å². The van der Waals surface area contributed by atoms with Crippen molar-refractivity contribution in [1.29, 1.82) is 0 Å². The molecule has 0 aliphatic carbocycles. The van der Waals surface area contributed by atoms with Crippen molar-refractivity contribution in [2.45, 2.75) is 50.5 Å². The summed E-state index contributed by atoms with van der Waals surface area (Å²) < 4.78 is 33.3. The van der Waals surface area contributed by atoms with Gasteiger partial charge < -0.3 is 14.6 Å². The normalized spacial score (nSPS) is 11.8. The van der Waals surface area contributed by atoms with Crippen LogP contribution >= 0.6 is 0 Å². The van der Waals surface area contributed by atoms with Crippen molar-refractivity contribution >= 4 is 21.6 Å². The molecule has 1 amide bonds. The minimum atomic E-state index is -3.79. The van der Waals surface area contributed by atoms with Crippen LogP contribution in [-0.4, -0.2) is 32.6 Å². The highest BCUT2D eigenvalue weighted by Gasteiger charge is 2.31. The minimum absolute atomic E-state index is 0.0199. The van der Waals surface area contributed by atoms with Gasteiger partial charge in [0, 0.05) is 18.8 Å². The Labute approximate surface area is 155 Å². The van der Waals surface area contributed by atoms with E-state index in [2.05, 4.69) is 5.32 Å². The van der Waals surface area contributed by atoms with Crippen LogP contribution in [0.15, 0.2) is 34.1 Å². The van der Waals surface area contributed by atoms with Gasteiger partial charge in [0.1, 0.15) is 17.3 Å². The van der Waals surface area contributed by atoms with Gasteiger partial charge in [0.15, 0.2) is 0 Å². The molecule has 1 aromatic carbocycles. The molecule has 2 aromatic rings. The predicted molar refractivity (Wildman–Crippen MR) is 101 cm³/mol. The number of ether oxygens (including phenoxy) is 1. The third kappa shape index (κ3) is 3.68. The average Bonchev–Trinajstić information content (AvgIpc) is 2.79. The monoisotopic (exact) mass is 378 g/mol. The minimum Gasteiger partial charge on any atom is -0.375 e. The summed E-state index contributed by atoms with van der Waals surface area (Å²) in [5.74, 6) is -0.107. The third-order valence-corrected chi connectivity index (χ3v) is 6.28. The SMILES string of the molecule is COCC(=O)Nc1c(S(=O)(=O)c2ccc(C)cc2)c(C)c(C)n1C(C)C. The summed E-state index contributed by atoms with van der Waals surface area (Å²) >= 11 is 0. The number of anilines is 1. The number of hydrogen-bond donors (Lipinski definition) is 1. The van der Waals surface area contributed by atoms with E-state index in [1.807, 2.05) is 32.3 Å². The Morgan fingerprint density at radius 3 is 2.23 bits per heavy atom. The van der Waals surface area contributed by atoms with E-state index in [4.69, 9.17) is 4.74 Å². The maximum absolute atomic E-state index is 13.3. The summed E-state index contributed by atoms with van der Waals surface area (Å²) in [5, 5.41) is 2.73. The van der Waals surface area contributed by atoms with Gasteiger partial charge in [-0.25, -0.2) is 8.42 Å². The molecule has 0 fully saturated rings. The standard InChI is InChI=1S/C19H26N2O4S/c1-12(2)21-15(5)14(4)18(19(21)20-17(22)11-25-6)26(23,24)16-9-7-13(3)8-10-16/h7-10,12H,11H2,1-6H3,(H,20,22). The van der Waals surface area contributed by atoms with Crippen molar-refractivity contribution in [2.75, 3.05) is 19.0 Å². The van der Waals surface area contributed by atoms with Gasteiger partial charge in [-0.3, -0.25) is 4.79 Å². The Morgan fingerprint density at radius 1 is 1.15 bits per heavy atom. The van der Waals surface area contributed by atoms with Gasteiger partial charge in [-0.1, -0.05) is 17.7 Å². The first-order chi connectivity index (χ1) is 12.1. The van der Waals surface area contributed by atoms with E-state index in [0.717, 1.165) is 11.3 Å². The lowest BCUT2D eigenvalue weighted by molar-refractivity contribution is -0.119. The lowest BCUT2D eigenvalue weighted by atomic mass is 10.2. The molecule has 0 unspecified atom stereocenters. The fourth-order valence-corrected chi connectivity index (χ4v) is 4.71. The molecular formula is C19H26N2O4S. The largest absolute Gasteiger partial charge is 0.375 e. The molecule has 142 valence electrons. The molecule has 6 nitrogen and oxygen atoms in total. The van der Waals surface area contributed by atoms with Crippen LogP contribution in [0.25, 0.3) is 0 Å². The molecule has 1 N–H and O–H groups in total. The second kappa shape index (κ2) is 7.63. The number of benzene rings is 1. The number of carbonyl (C=O) groups is 1. The van der Waals surface area contributed by atoms with Crippen molar-refractivity contribution in [3.05, 3.63) is 41.1 Å². The summed E-state index contributed by atoms with van der Waals surface area (Å²) in [6.45, 7) is 9.26. The second-order valence-corrected chi connectivity index (χ2v) is 8.54. The van der Waals surface area contributed by atoms with Crippen LogP contribution < -0.4 is 5.32 Å². The number of carbonyl (C=O) groups excluding carboxylic acids is 1. The van der Waals surface area contributed by atoms with E-state index in [1.165, 1.54) is 7.11 Å². The lowest BCUT2D eigenvalue weighted by Crippen LogP contribution is -2.22. The highest BCUT2D eigenvalue weighted by Crippen LogP contribution is 2.37. The van der Waals surface area contributed by atoms with Gasteiger partial charge >= 0.3 is 0 Å². The Morgan fingerprint density at radius 2 is 1.73 bits per heavy atom. The lowest BCUT2D eigenvalue weighted by Gasteiger charge is -2.17. The van der Waals surface area contributed by atoms with E-state index in [-0.39, 0.29) is 28.3 Å². The highest BCUT2D eigenvalue weighted by atomic mass is 32.2. The fourth-order valence-electron chi connectivity index (χ4n) is 3.03. The molecule has 1 aromatic heterocycles. The van der Waals surface area contributed by atoms with Crippen LogP contribution in [0, 0.1) is 20.8 Å². The smallest absolute Gasteiger partial charge is 0.251 e. The summed E-state index contributed by atoms with van der Waals surface area (Å²) in [4.78, 5) is 12.5. The van der Waals surface area contributed by atoms with Crippen molar-refractivity contribution in [3.63, 3.8) is 0 Å². The summed E-state index contributed by atoms with van der Waals surface area (Å²) in [6.07, 6.45) is 0. The van der Waals surface area contributed by atoms with E-state index in [0.29, 0.717) is 5.56 Å². The first kappa shape index (κ1) is 20.2. The van der Waals surface area contributed by atoms with Gasteiger partial charge in [-0.05, 0) is 52.3 Å². The predicted octanol–water partition coefficient (Wildman–Crippen LogP) is 3.41. The zero-order valence-electron chi connectivity index (χ0n) is 16.1. The van der Waals surface area contributed by atoms with Gasteiger partial charge in [0.2, 0.25) is 9.84 Å². The van der Waals surface area contributed by atoms with E-state index >= 15 is 0 Å². The van der Waals surface area contributed by atoms with E-state index in [1.54, 1.807) is 31.2 Å². The fraction of sp³-hybridized carbons (Fsp3) is 0.421. The quantitative estimate of drug-likeness (QED) is 0.836. The second-order valence-electron chi connectivity index (χ2n) is 6.65. The van der Waals surface area contributed by atoms with Crippen LogP contribution in [0.4, 0.5) is 5.82 Å². The molecule has 0 saturated carbocycles. The third-order valence-electron chi connectivity index (χ3n) is 4.35. The van der Waals surface area contributed by atoms with Gasteiger partial charge in [-0.2, -0.15) is 0 Å². The zero-order chi connectivity index (χ0) is 19.6. The Kier molecular flexibility index (Phi) is 5.93. The summed E-state index contributed by atoms with van der Waals surface area (Å²) in [6, 6.07) is 6.68. The van der Waals surface area contributed by atoms with Gasteiger partial charge in [-0.15, -0.1) is 0 Å². The van der Waals surface area contributed by atoms with E-state index in [9.17, 15) is 13.2 Å². The molecule has 7 heteroatoms. The topological polar surface area (TPSA) is 77.4 Å². The molecule has 26 heavy (non-hydrogen) atoms. The molecule has 0 atom stereocenters. The number of methoxy groups -OCH3 is 1. The van der Waals surface area contributed by atoms with Gasteiger partial charge in [0.25, 0.3) is 5.91 Å². The van der Waals surface area contributed by atoms with Crippen LogP contribution in [0.2, 0.25) is 0 Å². The van der Waals surface area contributed by atoms with Crippen molar-refractivity contribution in [1.82, 2.24) is 4.57 Å². The number of rotatable bonds is 6. The summed E-state index contributed by atoms with van der Waals surface area (Å²) in [5.41, 5.74) is 2.41. The zero-order valence-corrected chi connectivity index (χ0v) is 16.9. The van der Waals surface area contributed by atoms with Crippen LogP contribution in [-0.2, 0) is 19.4 Å². The maximum atomic E-state index is 13.3. The molecule has 0 saturated heterocycles. The first-order valence-electron chi connectivity index (χ1n) is 8.43. The number of amides is 1. The highest BCUT2D eigenvalue weighted by molar-refractivity contribution is 7.91. The van der Waals surface area contributed by atoms with Gasteiger partial charge in [0.05, 0.1) is 4.90 Å². The van der Waals surface area contributed by atoms with Crippen molar-refractivity contribution in [3.8, 4) is 0 Å². The first-order valence-corrected chi connectivity index (χ1v) is 9.91. The van der Waals surface area contributed by atoms with Crippen molar-refractivity contribution in [2.24, 2.45) is 0 Å². The average molecular weight is 378 g/mol. The number of aromatic nitrogens is 1. The molecule has 2 rings (SSSR count). The number of nitrogens with zero attached hydrogens (tertiary/aromatic N) is 1. The molecule has 1 heterocycles. The van der Waals surface area contributed by atoms with Crippen LogP contribution in [0.5, 0.6) is 0 Å². The molecule has 0 bridgehead atoms. The molecule has 0 spiro atoms. The van der Waals surface area contributed by atoms with Crippen LogP contribution in [0.3, 0.4) is 0 Å². The molecule has 0 aliphatic heterocycles. The summed E-state index contributed by atoms with van der Waals surface area (Å²) in [7, 11) is -2.37. The molecule has 0 radical (unpaired) electrons. The number of hydrogen-bond acceptors (Lipinski definition) is 4. The maximum Gasteiger partial charge on any atom is 0.251 e. The Hall–Kier alpha value is -2.12. The Bertz CT molecular complexity index is 910. The Balaban J connectivity index is 2.72. The molecule has 0 aliphatic rings. The van der Waals surface area contributed by atoms with Crippen molar-refractivity contribution < 1.29 is 17.9 Å². The van der Waals surface area contributed by atoms with E-state index < -0.39 is 15.7 Å².